The Bertz CT molecular complexity index is 323. The number of nitrogens with two attached hydrogens (primary N) is 1. The molecule has 0 saturated carbocycles. The fraction of sp³-hybridized carbons (Fsp3) is 0. The van der Waals surface area contributed by atoms with Gasteiger partial charge in [0.2, 0.25) is 0 Å². The van der Waals surface area contributed by atoms with Crippen molar-refractivity contribution in [2.24, 2.45) is 5.73 Å². The summed E-state index contributed by atoms with van der Waals surface area (Å²) in [6, 6.07) is 2.14. The quantitative estimate of drug-likeness (QED) is 0.675. The van der Waals surface area contributed by atoms with Crippen LogP contribution in [0.3, 0.4) is 0 Å². The van der Waals surface area contributed by atoms with E-state index in [1.54, 1.807) is 0 Å². The number of carbonyl (C=O) groups excluding carboxylic acids is 1. The first-order valence-corrected chi connectivity index (χ1v) is 3.11. The molecule has 0 radical (unpaired) electrons. The van der Waals surface area contributed by atoms with Gasteiger partial charge in [-0.1, -0.05) is 0 Å². The number of nitrogens with one attached hydrogen (secondary N) is 1. The fourth-order valence-corrected chi connectivity index (χ4v) is 0.716. The summed E-state index contributed by atoms with van der Waals surface area (Å²) in [5.74, 6) is -1.99. The molecule has 1 aromatic carbocycles. The van der Waals surface area contributed by atoms with Crippen molar-refractivity contribution in [1.82, 2.24) is 0 Å². The van der Waals surface area contributed by atoms with E-state index in [1.165, 1.54) is 6.07 Å². The smallest absolute Gasteiger partial charge is 0.316 e. The number of primary amides is 1. The molecule has 0 fully saturated rings. The molecule has 0 aliphatic rings. The zero-order valence-electron chi connectivity index (χ0n) is 5.97. The lowest BCUT2D eigenvalue weighted by Crippen LogP contribution is -2.19. The molecule has 68 valence electrons. The Kier molecular flexibility index (Phi) is 2.23. The van der Waals surface area contributed by atoms with Crippen molar-refractivity contribution in [2.75, 3.05) is 5.32 Å². The molecule has 0 saturated heterocycles. The first kappa shape index (κ1) is 8.45. The molecule has 0 spiro atoms. The van der Waals surface area contributed by atoms with Gasteiger partial charge in [0.05, 0.1) is 0 Å². The second-order valence-electron chi connectivity index (χ2n) is 2.12. The van der Waals surface area contributed by atoms with Crippen molar-refractivity contribution in [3.8, 4) is 0 Å². The van der Waals surface area contributed by atoms with Crippen molar-refractivity contribution < 1.29 is 16.4 Å². The van der Waals surface area contributed by atoms with E-state index < -0.39 is 17.7 Å². The third kappa shape index (κ3) is 1.91. The van der Waals surface area contributed by atoms with Gasteiger partial charge in [-0.2, -0.15) is 0 Å². The monoisotopic (exact) mass is 176 g/mol. The molecule has 2 amide bonds. The third-order valence-corrected chi connectivity index (χ3v) is 1.19. The Balaban J connectivity index is 0. The van der Waals surface area contributed by atoms with Crippen LogP contribution < -0.4 is 11.1 Å². The summed E-state index contributed by atoms with van der Waals surface area (Å²) in [4.78, 5) is 10.3. The maximum atomic E-state index is 12.5. The van der Waals surface area contributed by atoms with Crippen LogP contribution >= 0.6 is 0 Å². The van der Waals surface area contributed by atoms with E-state index in [4.69, 9.17) is 5.73 Å². The summed E-state index contributed by atoms with van der Waals surface area (Å²) < 4.78 is 24.8. The lowest BCUT2D eigenvalue weighted by Gasteiger charge is -2.00. The van der Waals surface area contributed by atoms with Gasteiger partial charge in [-0.05, 0) is 12.1 Å². The van der Waals surface area contributed by atoms with Crippen LogP contribution in [-0.2, 0) is 0 Å². The number of anilines is 1. The van der Waals surface area contributed by atoms with Crippen LogP contribution in [0, 0.1) is 11.6 Å². The minimum Gasteiger partial charge on any atom is -0.351 e. The Morgan fingerprint density at radius 2 is 2.08 bits per heavy atom. The zero-order chi connectivity index (χ0) is 9.14. The second kappa shape index (κ2) is 3.17. The van der Waals surface area contributed by atoms with Crippen molar-refractivity contribution in [3.63, 3.8) is 0 Å². The Morgan fingerprint density at radius 1 is 1.42 bits per heavy atom. The van der Waals surface area contributed by atoms with Crippen LogP contribution in [-0.4, -0.2) is 6.03 Å². The topological polar surface area (TPSA) is 55.1 Å². The van der Waals surface area contributed by atoms with Gasteiger partial charge in [0.1, 0.15) is 0 Å². The zero-order valence-corrected chi connectivity index (χ0v) is 5.97. The highest BCUT2D eigenvalue weighted by molar-refractivity contribution is 5.87. The molecule has 0 atom stereocenters. The number of benzene rings is 1. The Hall–Kier alpha value is -1.65. The summed E-state index contributed by atoms with van der Waals surface area (Å²) in [6.45, 7) is 0. The number of carbonyl (C=O) groups is 1. The largest absolute Gasteiger partial charge is 0.351 e. The van der Waals surface area contributed by atoms with Gasteiger partial charge in [-0.25, -0.2) is 13.6 Å². The normalized spacial score (nSPS) is 9.50. The van der Waals surface area contributed by atoms with Crippen LogP contribution in [0.1, 0.15) is 2.85 Å². The predicted molar refractivity (Wildman–Crippen MR) is 43.8 cm³/mol. The van der Waals surface area contributed by atoms with Crippen molar-refractivity contribution in [3.05, 3.63) is 29.8 Å². The summed E-state index contributed by atoms with van der Waals surface area (Å²) in [6.07, 6.45) is 0. The highest BCUT2D eigenvalue weighted by Crippen LogP contribution is 2.12. The number of amides is 2. The highest BCUT2D eigenvalue weighted by Gasteiger charge is 2.02. The molecule has 5 heteroatoms. The molecule has 0 heterocycles. The van der Waals surface area contributed by atoms with E-state index in [2.05, 4.69) is 5.32 Å². The van der Waals surface area contributed by atoms with Crippen LogP contribution in [0.2, 0.25) is 0 Å². The van der Waals surface area contributed by atoms with Gasteiger partial charge in [0.15, 0.2) is 11.6 Å². The van der Waals surface area contributed by atoms with Crippen LogP contribution in [0.5, 0.6) is 0 Å². The van der Waals surface area contributed by atoms with Crippen LogP contribution in [0.15, 0.2) is 18.2 Å². The van der Waals surface area contributed by atoms with E-state index in [-0.39, 0.29) is 8.54 Å². The molecule has 0 bridgehead atoms. The Morgan fingerprint density at radius 3 is 2.58 bits per heavy atom. The highest BCUT2D eigenvalue weighted by atomic mass is 19.2. The lowest BCUT2D eigenvalue weighted by molar-refractivity contribution is 0.259. The van der Waals surface area contributed by atoms with Crippen LogP contribution in [0.4, 0.5) is 19.3 Å². The molecule has 0 aliphatic heterocycles. The molecule has 0 unspecified atom stereocenters. The second-order valence-corrected chi connectivity index (χ2v) is 2.12. The summed E-state index contributed by atoms with van der Waals surface area (Å²) in [5, 5.41) is 2.10. The predicted octanol–water partition coefficient (Wildman–Crippen LogP) is 1.95. The Labute approximate surface area is 70.1 Å². The van der Waals surface area contributed by atoms with E-state index in [0.29, 0.717) is 0 Å². The number of halogens is 2. The molecular formula is C7H10F2N2O. The van der Waals surface area contributed by atoms with E-state index in [9.17, 15) is 13.6 Å². The minimum atomic E-state index is -1.03. The van der Waals surface area contributed by atoms with Gasteiger partial charge in [0.25, 0.3) is 0 Å². The fourth-order valence-electron chi connectivity index (χ4n) is 0.716. The van der Waals surface area contributed by atoms with Gasteiger partial charge in [-0.3, -0.25) is 0 Å². The first-order valence-electron chi connectivity index (χ1n) is 3.11. The first-order chi connectivity index (χ1) is 5.59. The number of hydrogen-bond acceptors (Lipinski definition) is 1. The van der Waals surface area contributed by atoms with E-state index >= 15 is 0 Å². The standard InChI is InChI=1S/C7H6F2N2O.2H2/c8-5-2-1-4(3-6(5)9)11-7(10)12;;/h1-3H,(H3,10,11,12);2*1H. The number of urea groups is 1. The molecule has 0 aliphatic carbocycles. The average molecular weight is 176 g/mol. The van der Waals surface area contributed by atoms with Gasteiger partial charge < -0.3 is 11.1 Å². The average Bonchev–Trinajstić information content (AvgIpc) is 1.96. The molecule has 0 aromatic heterocycles. The maximum absolute atomic E-state index is 12.5. The van der Waals surface area contributed by atoms with Gasteiger partial charge >= 0.3 is 6.03 Å². The lowest BCUT2D eigenvalue weighted by atomic mass is 10.3. The molecular weight excluding hydrogens is 166 g/mol. The SMILES string of the molecule is NC(=O)Nc1ccc(F)c(F)c1.[HH].[HH]. The van der Waals surface area contributed by atoms with E-state index in [1.807, 2.05) is 0 Å². The molecule has 3 nitrogen and oxygen atoms in total. The summed E-state index contributed by atoms with van der Waals surface area (Å²) in [5.41, 5.74) is 4.87. The van der Waals surface area contributed by atoms with Gasteiger partial charge in [0, 0.05) is 14.6 Å². The maximum Gasteiger partial charge on any atom is 0.316 e. The number of hydrogen-bond donors (Lipinski definition) is 2. The van der Waals surface area contributed by atoms with Crippen molar-refractivity contribution >= 4 is 11.7 Å². The summed E-state index contributed by atoms with van der Waals surface area (Å²) in [7, 11) is 0. The molecule has 3 N–H and O–H groups in total. The van der Waals surface area contributed by atoms with E-state index in [0.717, 1.165) is 12.1 Å². The number of rotatable bonds is 1. The third-order valence-electron chi connectivity index (χ3n) is 1.19. The molecule has 1 rings (SSSR count). The van der Waals surface area contributed by atoms with Crippen molar-refractivity contribution in [1.29, 1.82) is 0 Å². The minimum absolute atomic E-state index is 0. The van der Waals surface area contributed by atoms with Crippen molar-refractivity contribution in [2.45, 2.75) is 0 Å². The molecule has 1 aromatic rings. The van der Waals surface area contributed by atoms with Crippen LogP contribution in [0.25, 0.3) is 0 Å². The van der Waals surface area contributed by atoms with Gasteiger partial charge in [-0.15, -0.1) is 0 Å². The summed E-state index contributed by atoms with van der Waals surface area (Å²) >= 11 is 0. The molecule has 12 heavy (non-hydrogen) atoms.